The predicted octanol–water partition coefficient (Wildman–Crippen LogP) is 2.04. The Bertz CT molecular complexity index is 1320. The fraction of sp³-hybridized carbons (Fsp3) is 0.318. The van der Waals surface area contributed by atoms with E-state index in [0.29, 0.717) is 22.4 Å². The molecule has 3 aromatic rings. The average Bonchev–Trinajstić information content (AvgIpc) is 2.82. The van der Waals surface area contributed by atoms with Crippen LogP contribution in [-0.4, -0.2) is 78.1 Å². The highest BCUT2D eigenvalue weighted by Crippen LogP contribution is 2.22. The minimum atomic E-state index is -3.91. The Hall–Kier alpha value is -3.09. The van der Waals surface area contributed by atoms with E-state index in [-0.39, 0.29) is 27.4 Å². The number of sulfonamides is 1. The quantitative estimate of drug-likeness (QED) is 0.482. The number of nitrogens with zero attached hydrogens (tertiary/aromatic N) is 5. The summed E-state index contributed by atoms with van der Waals surface area (Å²) in [5, 5.41) is 0.458. The number of nitrogens with one attached hydrogen (secondary N) is 1. The summed E-state index contributed by atoms with van der Waals surface area (Å²) in [7, 11) is -1.84. The first-order valence-corrected chi connectivity index (χ1v) is 13.0. The number of rotatable bonds is 7. The van der Waals surface area contributed by atoms with Crippen LogP contribution in [0.3, 0.4) is 0 Å². The smallest absolute Gasteiger partial charge is 0.263 e. The number of aromatic nitrogens is 3. The van der Waals surface area contributed by atoms with Gasteiger partial charge in [0.1, 0.15) is 5.82 Å². The molecular formula is C22H24N6O4S2. The molecule has 3 heterocycles. The molecule has 1 N–H and O–H groups in total. The summed E-state index contributed by atoms with van der Waals surface area (Å²) in [5.74, 6) is 0.470. The standard InChI is InChI=1S/C22H24N6O4S2/c1-15(29)33-14-20(30)16-3-6-21(23-12-16)26-34(31,32)18-4-5-19-17(11-18)13-24-22(25-19)28-9-7-27(2)8-10-28/h3-6,11-13H,7-10,14H2,1-2H3,(H,23,26). The molecule has 0 radical (unpaired) electrons. The maximum absolute atomic E-state index is 12.9. The van der Waals surface area contributed by atoms with Crippen molar-refractivity contribution in [3.63, 3.8) is 0 Å². The molecule has 1 fully saturated rings. The van der Waals surface area contributed by atoms with Crippen molar-refractivity contribution in [2.75, 3.05) is 48.6 Å². The largest absolute Gasteiger partial charge is 0.338 e. The number of likely N-dealkylation sites (N-methyl/N-ethyl adjacent to an activating group) is 1. The average molecular weight is 501 g/mol. The molecule has 1 aromatic carbocycles. The first kappa shape index (κ1) is 24.0. The van der Waals surface area contributed by atoms with Gasteiger partial charge < -0.3 is 9.80 Å². The Kier molecular flexibility index (Phi) is 7.10. The van der Waals surface area contributed by atoms with Gasteiger partial charge in [-0.15, -0.1) is 0 Å². The molecule has 0 bridgehead atoms. The van der Waals surface area contributed by atoms with Crippen molar-refractivity contribution >= 4 is 55.4 Å². The molecule has 0 spiro atoms. The monoisotopic (exact) mass is 500 g/mol. The molecule has 0 saturated carbocycles. The Labute approximate surface area is 201 Å². The van der Waals surface area contributed by atoms with Gasteiger partial charge >= 0.3 is 0 Å². The van der Waals surface area contributed by atoms with E-state index in [2.05, 4.69) is 36.5 Å². The molecule has 1 aliphatic rings. The second-order valence-corrected chi connectivity index (χ2v) is 10.8. The number of hydrogen-bond donors (Lipinski definition) is 1. The van der Waals surface area contributed by atoms with E-state index in [1.165, 1.54) is 37.4 Å². The Morgan fingerprint density at radius 2 is 1.82 bits per heavy atom. The first-order valence-electron chi connectivity index (χ1n) is 10.6. The van der Waals surface area contributed by atoms with Crippen LogP contribution in [0.1, 0.15) is 17.3 Å². The summed E-state index contributed by atoms with van der Waals surface area (Å²) in [4.78, 5) is 40.5. The fourth-order valence-corrected chi connectivity index (χ4v) is 4.94. The molecule has 12 heteroatoms. The molecule has 10 nitrogen and oxygen atoms in total. The van der Waals surface area contributed by atoms with Crippen molar-refractivity contribution in [1.29, 1.82) is 0 Å². The zero-order valence-electron chi connectivity index (χ0n) is 18.8. The van der Waals surface area contributed by atoms with Crippen molar-refractivity contribution in [2.24, 2.45) is 0 Å². The number of benzene rings is 1. The highest BCUT2D eigenvalue weighted by atomic mass is 32.2. The Morgan fingerprint density at radius 3 is 2.50 bits per heavy atom. The van der Waals surface area contributed by atoms with E-state index in [0.717, 1.165) is 37.9 Å². The van der Waals surface area contributed by atoms with E-state index < -0.39 is 10.0 Å². The lowest BCUT2D eigenvalue weighted by Gasteiger charge is -2.32. The highest BCUT2D eigenvalue weighted by molar-refractivity contribution is 8.14. The summed E-state index contributed by atoms with van der Waals surface area (Å²) in [5.41, 5.74) is 0.961. The molecule has 1 saturated heterocycles. The van der Waals surface area contributed by atoms with Gasteiger partial charge in [-0.05, 0) is 37.4 Å². The topological polar surface area (TPSA) is 125 Å². The van der Waals surface area contributed by atoms with Crippen LogP contribution in [-0.2, 0) is 14.8 Å². The third kappa shape index (κ3) is 5.69. The van der Waals surface area contributed by atoms with E-state index in [4.69, 9.17) is 0 Å². The summed E-state index contributed by atoms with van der Waals surface area (Å²) in [6, 6.07) is 7.55. The van der Waals surface area contributed by atoms with Crippen LogP contribution in [0.5, 0.6) is 0 Å². The molecule has 34 heavy (non-hydrogen) atoms. The zero-order valence-corrected chi connectivity index (χ0v) is 20.4. The van der Waals surface area contributed by atoms with Gasteiger partial charge in [0.05, 0.1) is 16.2 Å². The molecule has 0 amide bonds. The van der Waals surface area contributed by atoms with Crippen LogP contribution in [0, 0.1) is 0 Å². The molecular weight excluding hydrogens is 476 g/mol. The van der Waals surface area contributed by atoms with Crippen molar-refractivity contribution in [3.05, 3.63) is 48.3 Å². The molecule has 178 valence electrons. The van der Waals surface area contributed by atoms with E-state index >= 15 is 0 Å². The number of hydrogen-bond acceptors (Lipinski definition) is 10. The Morgan fingerprint density at radius 1 is 1.06 bits per heavy atom. The van der Waals surface area contributed by atoms with Gasteiger partial charge in [-0.25, -0.2) is 23.4 Å². The van der Waals surface area contributed by atoms with Gasteiger partial charge in [0.2, 0.25) is 5.95 Å². The third-order valence-corrected chi connectivity index (χ3v) is 7.53. The molecule has 0 atom stereocenters. The van der Waals surface area contributed by atoms with Crippen molar-refractivity contribution in [1.82, 2.24) is 19.9 Å². The lowest BCUT2D eigenvalue weighted by atomic mass is 10.2. The number of anilines is 2. The van der Waals surface area contributed by atoms with Gasteiger partial charge in [0.25, 0.3) is 10.0 Å². The highest BCUT2D eigenvalue weighted by Gasteiger charge is 2.19. The van der Waals surface area contributed by atoms with E-state index in [1.807, 2.05) is 0 Å². The van der Waals surface area contributed by atoms with Gasteiger partial charge in [0.15, 0.2) is 10.9 Å². The second-order valence-electron chi connectivity index (χ2n) is 7.92. The van der Waals surface area contributed by atoms with Crippen LogP contribution in [0.4, 0.5) is 11.8 Å². The number of Topliss-reactive ketones (excluding diaryl/α,β-unsaturated/α-hetero) is 1. The minimum Gasteiger partial charge on any atom is -0.338 e. The Balaban J connectivity index is 1.47. The van der Waals surface area contributed by atoms with Crippen LogP contribution in [0.25, 0.3) is 10.9 Å². The number of pyridine rings is 1. The number of thioether (sulfide) groups is 1. The summed E-state index contributed by atoms with van der Waals surface area (Å²) in [6.07, 6.45) is 2.92. The summed E-state index contributed by atoms with van der Waals surface area (Å²) in [6.45, 7) is 4.94. The van der Waals surface area contributed by atoms with Gasteiger partial charge in [-0.1, -0.05) is 11.8 Å². The number of piperazine rings is 1. The lowest BCUT2D eigenvalue weighted by molar-refractivity contribution is -0.109. The van der Waals surface area contributed by atoms with Gasteiger partial charge in [0, 0.05) is 56.4 Å². The normalized spacial score (nSPS) is 14.8. The summed E-state index contributed by atoms with van der Waals surface area (Å²) < 4.78 is 28.2. The summed E-state index contributed by atoms with van der Waals surface area (Å²) >= 11 is 0.913. The van der Waals surface area contributed by atoms with Gasteiger partial charge in [-0.2, -0.15) is 0 Å². The SMILES string of the molecule is CC(=O)SCC(=O)c1ccc(NS(=O)(=O)c2ccc3nc(N4CCN(C)CC4)ncc3c2)nc1. The zero-order chi connectivity index (χ0) is 24.3. The minimum absolute atomic E-state index is 0.0117. The van der Waals surface area contributed by atoms with Gasteiger partial charge in [-0.3, -0.25) is 14.3 Å². The van der Waals surface area contributed by atoms with Crippen molar-refractivity contribution < 1.29 is 18.0 Å². The van der Waals surface area contributed by atoms with Crippen molar-refractivity contribution in [2.45, 2.75) is 11.8 Å². The lowest BCUT2D eigenvalue weighted by Crippen LogP contribution is -2.45. The third-order valence-electron chi connectivity index (χ3n) is 5.37. The van der Waals surface area contributed by atoms with Crippen LogP contribution in [0.15, 0.2) is 47.6 Å². The molecule has 4 rings (SSSR count). The molecule has 0 aliphatic carbocycles. The van der Waals surface area contributed by atoms with E-state index in [9.17, 15) is 18.0 Å². The maximum Gasteiger partial charge on any atom is 0.263 e. The fourth-order valence-electron chi connectivity index (χ4n) is 3.39. The van der Waals surface area contributed by atoms with Crippen LogP contribution >= 0.6 is 11.8 Å². The van der Waals surface area contributed by atoms with Crippen LogP contribution < -0.4 is 9.62 Å². The number of carbonyl (C=O) groups excluding carboxylic acids is 2. The van der Waals surface area contributed by atoms with E-state index in [1.54, 1.807) is 12.3 Å². The maximum atomic E-state index is 12.9. The van der Waals surface area contributed by atoms with Crippen LogP contribution in [0.2, 0.25) is 0 Å². The number of ketones is 1. The molecule has 1 aliphatic heterocycles. The molecule has 2 aromatic heterocycles. The first-order chi connectivity index (χ1) is 16.2. The number of fused-ring (bicyclic) bond motifs is 1. The second kappa shape index (κ2) is 10.0. The predicted molar refractivity (Wildman–Crippen MR) is 132 cm³/mol. The molecule has 0 unspecified atom stereocenters. The van der Waals surface area contributed by atoms with Crippen molar-refractivity contribution in [3.8, 4) is 0 Å². The number of carbonyl (C=O) groups is 2.